The first-order valence-corrected chi connectivity index (χ1v) is 8.66. The number of nitrogens with zero attached hydrogens (tertiary/aromatic N) is 1. The fraction of sp³-hybridized carbons (Fsp3) is 0.429. The van der Waals surface area contributed by atoms with Gasteiger partial charge in [0, 0.05) is 19.3 Å². The second-order valence-corrected chi connectivity index (χ2v) is 7.27. The molecule has 0 heterocycles. The van der Waals surface area contributed by atoms with Crippen LogP contribution >= 0.6 is 0 Å². The Morgan fingerprint density at radius 3 is 2.30 bits per heavy atom. The maximum Gasteiger partial charge on any atom is 0.416 e. The third-order valence-corrected chi connectivity index (χ3v) is 4.71. The summed E-state index contributed by atoms with van der Waals surface area (Å²) in [5, 5.41) is 3.02. The van der Waals surface area contributed by atoms with E-state index in [2.05, 4.69) is 18.5 Å². The van der Waals surface area contributed by atoms with E-state index in [1.807, 2.05) is 25.8 Å². The topological polar surface area (TPSA) is 15.3 Å². The van der Waals surface area contributed by atoms with E-state index in [0.29, 0.717) is 30.0 Å². The molecule has 0 spiro atoms. The third-order valence-electron chi connectivity index (χ3n) is 4.71. The molecule has 27 heavy (non-hydrogen) atoms. The maximum atomic E-state index is 13.8. The van der Waals surface area contributed by atoms with Crippen molar-refractivity contribution in [2.75, 3.05) is 18.9 Å². The van der Waals surface area contributed by atoms with Crippen LogP contribution in [-0.2, 0) is 6.18 Å². The first-order chi connectivity index (χ1) is 12.3. The monoisotopic (exact) mass is 384 g/mol. The zero-order valence-corrected chi connectivity index (χ0v) is 16.6. The van der Waals surface area contributed by atoms with Gasteiger partial charge in [-0.1, -0.05) is 33.1 Å². The van der Waals surface area contributed by atoms with E-state index in [4.69, 9.17) is 0 Å². The molecule has 0 saturated heterocycles. The maximum absolute atomic E-state index is 13.8. The molecule has 150 valence electrons. The van der Waals surface area contributed by atoms with Gasteiger partial charge in [-0.05, 0) is 55.0 Å². The standard InChI is InChI=1S/C21H28F4N2/c1-8-19(22)15(3)20(5,6)11-12-27(7)16(4)26-17-9-10-18(14(2)13-17)21(23,24)25/h8-10,13,26H,3-4,11-12H2,1-2,5-7H3/b19-8+. The number of nitrogens with one attached hydrogen (secondary N) is 1. The second kappa shape index (κ2) is 8.63. The van der Waals surface area contributed by atoms with Gasteiger partial charge in [-0.15, -0.1) is 0 Å². The van der Waals surface area contributed by atoms with E-state index in [1.54, 1.807) is 6.92 Å². The molecule has 1 N–H and O–H groups in total. The first kappa shape index (κ1) is 22.8. The second-order valence-electron chi connectivity index (χ2n) is 7.27. The molecular weight excluding hydrogens is 356 g/mol. The zero-order valence-electron chi connectivity index (χ0n) is 16.6. The molecule has 0 fully saturated rings. The number of anilines is 1. The van der Waals surface area contributed by atoms with Crippen molar-refractivity contribution in [1.29, 1.82) is 0 Å². The van der Waals surface area contributed by atoms with Gasteiger partial charge in [0.25, 0.3) is 0 Å². The summed E-state index contributed by atoms with van der Waals surface area (Å²) < 4.78 is 52.3. The largest absolute Gasteiger partial charge is 0.416 e. The summed E-state index contributed by atoms with van der Waals surface area (Å²) in [6.07, 6.45) is -2.34. The Bertz CT molecular complexity index is 730. The highest BCUT2D eigenvalue weighted by Gasteiger charge is 2.32. The van der Waals surface area contributed by atoms with Crippen LogP contribution in [0, 0.1) is 12.3 Å². The summed E-state index contributed by atoms with van der Waals surface area (Å²) in [5.74, 6) is 0.224. The Kier molecular flexibility index (Phi) is 7.29. The van der Waals surface area contributed by atoms with Gasteiger partial charge in [0.1, 0.15) is 5.83 Å². The number of aryl methyl sites for hydroxylation is 1. The minimum Gasteiger partial charge on any atom is -0.362 e. The predicted octanol–water partition coefficient (Wildman–Crippen LogP) is 6.67. The Morgan fingerprint density at radius 2 is 1.81 bits per heavy atom. The normalized spacial score (nSPS) is 12.7. The van der Waals surface area contributed by atoms with E-state index >= 15 is 0 Å². The molecule has 0 radical (unpaired) electrons. The first-order valence-electron chi connectivity index (χ1n) is 8.66. The minimum absolute atomic E-state index is 0.141. The van der Waals surface area contributed by atoms with Crippen molar-refractivity contribution in [3.63, 3.8) is 0 Å². The molecule has 0 unspecified atom stereocenters. The van der Waals surface area contributed by atoms with Crippen LogP contribution in [0.4, 0.5) is 23.2 Å². The fourth-order valence-corrected chi connectivity index (χ4v) is 2.55. The van der Waals surface area contributed by atoms with Crippen LogP contribution in [0.3, 0.4) is 0 Å². The highest BCUT2D eigenvalue weighted by atomic mass is 19.4. The van der Waals surface area contributed by atoms with Crippen LogP contribution in [0.15, 0.2) is 54.7 Å². The molecule has 0 aromatic heterocycles. The molecule has 1 aromatic rings. The summed E-state index contributed by atoms with van der Waals surface area (Å²) in [5.41, 5.74) is 0.0209. The molecular formula is C21H28F4N2. The van der Waals surface area contributed by atoms with Gasteiger partial charge in [0.15, 0.2) is 0 Å². The highest BCUT2D eigenvalue weighted by Crippen LogP contribution is 2.35. The smallest absolute Gasteiger partial charge is 0.362 e. The third kappa shape index (κ3) is 6.15. The lowest BCUT2D eigenvalue weighted by Gasteiger charge is -2.31. The van der Waals surface area contributed by atoms with Crippen LogP contribution in [0.1, 0.15) is 38.3 Å². The van der Waals surface area contributed by atoms with Gasteiger partial charge < -0.3 is 10.2 Å². The SMILES string of the molecule is C=C(Nc1ccc(C(F)(F)F)c(C)c1)N(C)CCC(C)(C)C(=C)/C(F)=C\C. The van der Waals surface area contributed by atoms with E-state index in [-0.39, 0.29) is 11.4 Å². The van der Waals surface area contributed by atoms with Crippen LogP contribution in [-0.4, -0.2) is 18.5 Å². The number of allylic oxidation sites excluding steroid dienone is 3. The summed E-state index contributed by atoms with van der Waals surface area (Å²) in [6, 6.07) is 3.87. The van der Waals surface area contributed by atoms with Crippen molar-refractivity contribution in [3.05, 3.63) is 65.8 Å². The van der Waals surface area contributed by atoms with Gasteiger partial charge in [0.2, 0.25) is 0 Å². The number of hydrogen-bond acceptors (Lipinski definition) is 2. The molecule has 0 saturated carbocycles. The number of alkyl halides is 3. The summed E-state index contributed by atoms with van der Waals surface area (Å²) in [6.45, 7) is 15.2. The molecule has 0 amide bonds. The van der Waals surface area contributed by atoms with Crippen molar-refractivity contribution >= 4 is 5.69 Å². The molecule has 0 aliphatic rings. The van der Waals surface area contributed by atoms with Crippen LogP contribution < -0.4 is 5.32 Å². The van der Waals surface area contributed by atoms with Crippen molar-refractivity contribution in [1.82, 2.24) is 4.90 Å². The zero-order chi connectivity index (χ0) is 21.0. The summed E-state index contributed by atoms with van der Waals surface area (Å²) in [4.78, 5) is 1.84. The van der Waals surface area contributed by atoms with E-state index in [1.165, 1.54) is 25.1 Å². The molecule has 1 rings (SSSR count). The Balaban J connectivity index is 2.73. The fourth-order valence-electron chi connectivity index (χ4n) is 2.55. The molecule has 2 nitrogen and oxygen atoms in total. The van der Waals surface area contributed by atoms with E-state index in [9.17, 15) is 17.6 Å². The minimum atomic E-state index is -4.37. The molecule has 0 aliphatic carbocycles. The Labute approximate surface area is 159 Å². The lowest BCUT2D eigenvalue weighted by Crippen LogP contribution is -2.28. The van der Waals surface area contributed by atoms with Gasteiger partial charge >= 0.3 is 6.18 Å². The van der Waals surface area contributed by atoms with Crippen molar-refractivity contribution < 1.29 is 17.6 Å². The Morgan fingerprint density at radius 1 is 1.22 bits per heavy atom. The summed E-state index contributed by atoms with van der Waals surface area (Å²) >= 11 is 0. The Hall–Kier alpha value is -2.24. The van der Waals surface area contributed by atoms with Crippen LogP contribution in [0.25, 0.3) is 0 Å². The number of rotatable bonds is 8. The molecule has 0 atom stereocenters. The lowest BCUT2D eigenvalue weighted by atomic mass is 9.81. The average molecular weight is 384 g/mol. The van der Waals surface area contributed by atoms with Gasteiger partial charge in [0.05, 0.1) is 11.4 Å². The summed E-state index contributed by atoms with van der Waals surface area (Å²) in [7, 11) is 1.82. The van der Waals surface area contributed by atoms with Crippen LogP contribution in [0.2, 0.25) is 0 Å². The quantitative estimate of drug-likeness (QED) is 0.397. The molecule has 1 aromatic carbocycles. The van der Waals surface area contributed by atoms with Crippen LogP contribution in [0.5, 0.6) is 0 Å². The molecule has 0 bridgehead atoms. The van der Waals surface area contributed by atoms with E-state index in [0.717, 1.165) is 6.07 Å². The van der Waals surface area contributed by atoms with Crippen molar-refractivity contribution in [2.24, 2.45) is 5.41 Å². The van der Waals surface area contributed by atoms with Crippen molar-refractivity contribution in [3.8, 4) is 0 Å². The average Bonchev–Trinajstić information content (AvgIpc) is 2.57. The molecule has 6 heteroatoms. The molecule has 0 aliphatic heterocycles. The van der Waals surface area contributed by atoms with Gasteiger partial charge in [-0.3, -0.25) is 0 Å². The lowest BCUT2D eigenvalue weighted by molar-refractivity contribution is -0.138. The van der Waals surface area contributed by atoms with Gasteiger partial charge in [-0.25, -0.2) is 4.39 Å². The number of hydrogen-bond donors (Lipinski definition) is 1. The number of halogens is 4. The predicted molar refractivity (Wildman–Crippen MR) is 104 cm³/mol. The van der Waals surface area contributed by atoms with E-state index < -0.39 is 17.2 Å². The number of benzene rings is 1. The van der Waals surface area contributed by atoms with Gasteiger partial charge in [-0.2, -0.15) is 13.2 Å². The van der Waals surface area contributed by atoms with Crippen molar-refractivity contribution in [2.45, 2.75) is 40.3 Å². The highest BCUT2D eigenvalue weighted by molar-refractivity contribution is 5.52.